The molecule has 1 aromatic rings. The van der Waals surface area contributed by atoms with Gasteiger partial charge in [-0.25, -0.2) is 0 Å². The molecule has 0 heterocycles. The van der Waals surface area contributed by atoms with Crippen molar-refractivity contribution in [1.82, 2.24) is 4.90 Å². The van der Waals surface area contributed by atoms with Gasteiger partial charge >= 0.3 is 5.97 Å². The summed E-state index contributed by atoms with van der Waals surface area (Å²) in [5, 5.41) is 8.71. The summed E-state index contributed by atoms with van der Waals surface area (Å²) >= 11 is 1.70. The highest BCUT2D eigenvalue weighted by Gasteiger charge is 2.13. The molecule has 4 nitrogen and oxygen atoms in total. The number of carboxylic acids is 1. The van der Waals surface area contributed by atoms with E-state index in [2.05, 4.69) is 24.3 Å². The Bertz CT molecular complexity index is 367. The average molecular weight is 254 g/mol. The highest BCUT2D eigenvalue weighted by molar-refractivity contribution is 7.98. The molecular weight excluding hydrogens is 236 g/mol. The molecule has 0 spiro atoms. The molecule has 0 amide bonds. The molecule has 94 valence electrons. The van der Waals surface area contributed by atoms with Gasteiger partial charge in [0.15, 0.2) is 0 Å². The first-order valence-corrected chi connectivity index (χ1v) is 6.55. The van der Waals surface area contributed by atoms with E-state index < -0.39 is 12.0 Å². The fourth-order valence-corrected chi connectivity index (χ4v) is 1.93. The zero-order valence-corrected chi connectivity index (χ0v) is 10.9. The summed E-state index contributed by atoms with van der Waals surface area (Å²) in [7, 11) is 1.87. The molecule has 0 aliphatic heterocycles. The van der Waals surface area contributed by atoms with Crippen molar-refractivity contribution < 1.29 is 9.90 Å². The summed E-state index contributed by atoms with van der Waals surface area (Å²) in [6.07, 6.45) is 2.03. The summed E-state index contributed by atoms with van der Waals surface area (Å²) in [4.78, 5) is 13.7. The van der Waals surface area contributed by atoms with Gasteiger partial charge in [-0.05, 0) is 31.0 Å². The smallest absolute Gasteiger partial charge is 0.321 e. The van der Waals surface area contributed by atoms with Crippen LogP contribution in [0.4, 0.5) is 0 Å². The fourth-order valence-electron chi connectivity index (χ4n) is 1.52. The first kappa shape index (κ1) is 14.0. The van der Waals surface area contributed by atoms with Gasteiger partial charge in [0.05, 0.1) is 0 Å². The highest BCUT2D eigenvalue weighted by Crippen LogP contribution is 2.15. The topological polar surface area (TPSA) is 66.6 Å². The van der Waals surface area contributed by atoms with Gasteiger partial charge in [-0.1, -0.05) is 12.1 Å². The van der Waals surface area contributed by atoms with Crippen LogP contribution in [0, 0.1) is 0 Å². The SMILES string of the molecule is CSc1ccc(CN(C)CC(N)C(=O)O)cc1. The molecule has 0 bridgehead atoms. The maximum Gasteiger partial charge on any atom is 0.321 e. The molecule has 5 heteroatoms. The van der Waals surface area contributed by atoms with Crippen molar-refractivity contribution >= 4 is 17.7 Å². The number of hydrogen-bond donors (Lipinski definition) is 2. The molecule has 0 fully saturated rings. The molecule has 0 saturated carbocycles. The van der Waals surface area contributed by atoms with Crippen molar-refractivity contribution in [3.63, 3.8) is 0 Å². The zero-order valence-electron chi connectivity index (χ0n) is 10.1. The molecule has 0 aromatic heterocycles. The van der Waals surface area contributed by atoms with Crippen LogP contribution in [0.25, 0.3) is 0 Å². The van der Waals surface area contributed by atoms with E-state index in [1.807, 2.05) is 18.2 Å². The van der Waals surface area contributed by atoms with Gasteiger partial charge < -0.3 is 10.8 Å². The molecule has 3 N–H and O–H groups in total. The Morgan fingerprint density at radius 2 is 2.06 bits per heavy atom. The maximum atomic E-state index is 10.6. The lowest BCUT2D eigenvalue weighted by Crippen LogP contribution is -2.40. The Morgan fingerprint density at radius 3 is 2.53 bits per heavy atom. The third-order valence-corrected chi connectivity index (χ3v) is 3.18. The standard InChI is InChI=1S/C12H18N2O2S/c1-14(8-11(13)12(15)16)7-9-3-5-10(17-2)6-4-9/h3-6,11H,7-8,13H2,1-2H3,(H,15,16). The first-order chi connectivity index (χ1) is 8.02. The number of benzene rings is 1. The third kappa shape index (κ3) is 4.77. The second-order valence-corrected chi connectivity index (χ2v) is 4.87. The number of nitrogens with zero attached hydrogens (tertiary/aromatic N) is 1. The van der Waals surface area contributed by atoms with Crippen LogP contribution in [0.2, 0.25) is 0 Å². The van der Waals surface area contributed by atoms with Crippen LogP contribution in [0.3, 0.4) is 0 Å². The number of thioether (sulfide) groups is 1. The number of aliphatic carboxylic acids is 1. The van der Waals surface area contributed by atoms with Crippen LogP contribution in [0.15, 0.2) is 29.2 Å². The average Bonchev–Trinajstić information content (AvgIpc) is 2.29. The number of rotatable bonds is 6. The van der Waals surface area contributed by atoms with Crippen molar-refractivity contribution in [1.29, 1.82) is 0 Å². The first-order valence-electron chi connectivity index (χ1n) is 5.32. The van der Waals surface area contributed by atoms with E-state index in [1.54, 1.807) is 11.8 Å². The molecule has 1 atom stereocenters. The van der Waals surface area contributed by atoms with Crippen LogP contribution >= 0.6 is 11.8 Å². The van der Waals surface area contributed by atoms with Gasteiger partial charge in [0, 0.05) is 18.0 Å². The van der Waals surface area contributed by atoms with Gasteiger partial charge in [0.1, 0.15) is 6.04 Å². The zero-order chi connectivity index (χ0) is 12.8. The Labute approximate surface area is 106 Å². The molecule has 1 rings (SSSR count). The van der Waals surface area contributed by atoms with Gasteiger partial charge in [-0.2, -0.15) is 0 Å². The van der Waals surface area contributed by atoms with Crippen LogP contribution in [0.5, 0.6) is 0 Å². The van der Waals surface area contributed by atoms with Crippen molar-refractivity contribution in [3.8, 4) is 0 Å². The van der Waals surface area contributed by atoms with Crippen molar-refractivity contribution in [2.24, 2.45) is 5.73 Å². The summed E-state index contributed by atoms with van der Waals surface area (Å²) in [5.74, 6) is -0.963. The second-order valence-electron chi connectivity index (χ2n) is 3.99. The number of likely N-dealkylation sites (N-methyl/N-ethyl adjacent to an activating group) is 1. The minimum absolute atomic E-state index is 0.347. The van der Waals surface area contributed by atoms with Gasteiger partial charge in [-0.3, -0.25) is 9.69 Å². The second kappa shape index (κ2) is 6.64. The van der Waals surface area contributed by atoms with Gasteiger partial charge in [0.2, 0.25) is 0 Å². The molecule has 0 radical (unpaired) electrons. The minimum atomic E-state index is -0.963. The molecule has 1 aromatic carbocycles. The van der Waals surface area contributed by atoms with E-state index in [0.717, 1.165) is 5.56 Å². The maximum absolute atomic E-state index is 10.6. The van der Waals surface area contributed by atoms with E-state index in [-0.39, 0.29) is 0 Å². The Morgan fingerprint density at radius 1 is 1.47 bits per heavy atom. The molecule has 0 saturated heterocycles. The van der Waals surface area contributed by atoms with Crippen LogP contribution < -0.4 is 5.73 Å². The van der Waals surface area contributed by atoms with E-state index in [9.17, 15) is 4.79 Å². The molecule has 0 aliphatic carbocycles. The number of nitrogens with two attached hydrogens (primary N) is 1. The fraction of sp³-hybridized carbons (Fsp3) is 0.417. The third-order valence-electron chi connectivity index (χ3n) is 2.44. The number of carboxylic acid groups (broad SMARTS) is 1. The lowest BCUT2D eigenvalue weighted by Gasteiger charge is -2.19. The quantitative estimate of drug-likeness (QED) is 0.748. The summed E-state index contributed by atoms with van der Waals surface area (Å²) < 4.78 is 0. The van der Waals surface area contributed by atoms with Crippen LogP contribution in [-0.2, 0) is 11.3 Å². The molecule has 0 aliphatic rings. The van der Waals surface area contributed by atoms with E-state index in [0.29, 0.717) is 13.1 Å². The predicted molar refractivity (Wildman–Crippen MR) is 70.2 cm³/mol. The van der Waals surface area contributed by atoms with Crippen molar-refractivity contribution in [2.75, 3.05) is 19.8 Å². The summed E-state index contributed by atoms with van der Waals surface area (Å²) in [6.45, 7) is 1.05. The van der Waals surface area contributed by atoms with Crippen LogP contribution in [0.1, 0.15) is 5.56 Å². The number of hydrogen-bond acceptors (Lipinski definition) is 4. The summed E-state index contributed by atoms with van der Waals surface area (Å²) in [6, 6.07) is 7.39. The van der Waals surface area contributed by atoms with Gasteiger partial charge in [0.25, 0.3) is 0 Å². The lowest BCUT2D eigenvalue weighted by molar-refractivity contribution is -0.138. The minimum Gasteiger partial charge on any atom is -0.480 e. The van der Waals surface area contributed by atoms with E-state index >= 15 is 0 Å². The molecular formula is C12H18N2O2S. The highest BCUT2D eigenvalue weighted by atomic mass is 32.2. The monoisotopic (exact) mass is 254 g/mol. The largest absolute Gasteiger partial charge is 0.480 e. The van der Waals surface area contributed by atoms with Crippen molar-refractivity contribution in [2.45, 2.75) is 17.5 Å². The van der Waals surface area contributed by atoms with E-state index in [4.69, 9.17) is 10.8 Å². The Kier molecular flexibility index (Phi) is 5.47. The Balaban J connectivity index is 2.49. The number of carbonyl (C=O) groups is 1. The molecule has 1 unspecified atom stereocenters. The van der Waals surface area contributed by atoms with Crippen molar-refractivity contribution in [3.05, 3.63) is 29.8 Å². The molecule has 17 heavy (non-hydrogen) atoms. The van der Waals surface area contributed by atoms with Crippen LogP contribution in [-0.4, -0.2) is 41.9 Å². The predicted octanol–water partition coefficient (Wildman–Crippen LogP) is 1.25. The van der Waals surface area contributed by atoms with Gasteiger partial charge in [-0.15, -0.1) is 11.8 Å². The van der Waals surface area contributed by atoms with E-state index in [1.165, 1.54) is 4.90 Å². The normalized spacial score (nSPS) is 12.7. The Hall–Kier alpha value is -1.04. The summed E-state index contributed by atoms with van der Waals surface area (Å²) in [5.41, 5.74) is 6.63. The lowest BCUT2D eigenvalue weighted by atomic mass is 10.2.